The fraction of sp³-hybridized carbons (Fsp3) is 0.600. The molecule has 0 fully saturated rings. The first-order chi connectivity index (χ1) is 8.81. The Morgan fingerprint density at radius 3 is 2.44 bits per heavy atom. The van der Waals surface area contributed by atoms with Gasteiger partial charge >= 0.3 is 0 Å². The molecule has 0 saturated carbocycles. The summed E-state index contributed by atoms with van der Waals surface area (Å²) in [5.74, 6) is 0.940. The van der Waals surface area contributed by atoms with Crippen molar-refractivity contribution in [1.82, 2.24) is 5.32 Å². The molecule has 0 heterocycles. The minimum absolute atomic E-state index is 0.414. The summed E-state index contributed by atoms with van der Waals surface area (Å²) < 4.78 is 10.5. The van der Waals surface area contributed by atoms with Gasteiger partial charge in [0, 0.05) is 19.8 Å². The van der Waals surface area contributed by atoms with Gasteiger partial charge in [0.1, 0.15) is 5.75 Å². The van der Waals surface area contributed by atoms with Crippen LogP contribution in [0.4, 0.5) is 0 Å². The van der Waals surface area contributed by atoms with Crippen LogP contribution >= 0.6 is 0 Å². The van der Waals surface area contributed by atoms with Crippen LogP contribution in [0.3, 0.4) is 0 Å². The first-order valence-electron chi connectivity index (χ1n) is 6.70. The Kier molecular flexibility index (Phi) is 7.46. The number of hydrogen-bond acceptors (Lipinski definition) is 3. The molecule has 0 spiro atoms. The average molecular weight is 251 g/mol. The van der Waals surface area contributed by atoms with Gasteiger partial charge in [0.05, 0.1) is 6.61 Å². The summed E-state index contributed by atoms with van der Waals surface area (Å²) in [6.45, 7) is 3.56. The molecule has 0 amide bonds. The van der Waals surface area contributed by atoms with Crippen molar-refractivity contribution in [3.8, 4) is 5.75 Å². The molecule has 0 aliphatic rings. The van der Waals surface area contributed by atoms with Gasteiger partial charge in [-0.15, -0.1) is 0 Å². The van der Waals surface area contributed by atoms with Crippen LogP contribution in [0.5, 0.6) is 5.75 Å². The summed E-state index contributed by atoms with van der Waals surface area (Å²) in [5, 5.41) is 3.37. The summed E-state index contributed by atoms with van der Waals surface area (Å²) in [5.41, 5.74) is 1.32. The second kappa shape index (κ2) is 8.95. The van der Waals surface area contributed by atoms with E-state index in [0.29, 0.717) is 12.6 Å². The second-order valence-electron chi connectivity index (χ2n) is 4.33. The molecule has 3 heteroatoms. The van der Waals surface area contributed by atoms with Crippen molar-refractivity contribution in [1.29, 1.82) is 0 Å². The highest BCUT2D eigenvalue weighted by Crippen LogP contribution is 2.21. The van der Waals surface area contributed by atoms with Crippen LogP contribution in [0, 0.1) is 0 Å². The van der Waals surface area contributed by atoms with E-state index in [1.807, 2.05) is 26.1 Å². The van der Waals surface area contributed by atoms with Gasteiger partial charge in [-0.1, -0.05) is 12.1 Å². The number of hydrogen-bond donors (Lipinski definition) is 1. The highest BCUT2D eigenvalue weighted by molar-refractivity contribution is 5.29. The SMILES string of the molecule is CCOc1ccc(C(CCCCOC)NC)cc1. The van der Waals surface area contributed by atoms with E-state index in [2.05, 4.69) is 17.4 Å². The zero-order valence-corrected chi connectivity index (χ0v) is 11.7. The molecular formula is C15H25NO2. The van der Waals surface area contributed by atoms with Crippen LogP contribution in [0.2, 0.25) is 0 Å². The topological polar surface area (TPSA) is 30.5 Å². The zero-order chi connectivity index (χ0) is 13.2. The van der Waals surface area contributed by atoms with E-state index in [-0.39, 0.29) is 0 Å². The normalized spacial score (nSPS) is 12.4. The lowest BCUT2D eigenvalue weighted by atomic mass is 10.0. The summed E-state index contributed by atoms with van der Waals surface area (Å²) in [4.78, 5) is 0. The Balaban J connectivity index is 2.48. The van der Waals surface area contributed by atoms with E-state index >= 15 is 0 Å². The molecule has 1 N–H and O–H groups in total. The van der Waals surface area contributed by atoms with E-state index in [9.17, 15) is 0 Å². The molecule has 1 unspecified atom stereocenters. The molecule has 0 bridgehead atoms. The van der Waals surface area contributed by atoms with Gasteiger partial charge in [-0.05, 0) is 50.9 Å². The largest absolute Gasteiger partial charge is 0.494 e. The number of rotatable bonds is 9. The van der Waals surface area contributed by atoms with Gasteiger partial charge in [0.15, 0.2) is 0 Å². The molecule has 3 nitrogen and oxygen atoms in total. The number of ether oxygens (including phenoxy) is 2. The highest BCUT2D eigenvalue weighted by Gasteiger charge is 2.08. The van der Waals surface area contributed by atoms with E-state index in [4.69, 9.17) is 9.47 Å². The molecule has 18 heavy (non-hydrogen) atoms. The molecule has 102 valence electrons. The Bertz CT molecular complexity index is 311. The van der Waals surface area contributed by atoms with Crippen molar-refractivity contribution in [2.75, 3.05) is 27.4 Å². The van der Waals surface area contributed by atoms with E-state index in [1.165, 1.54) is 12.0 Å². The van der Waals surface area contributed by atoms with Gasteiger partial charge in [-0.3, -0.25) is 0 Å². The Labute approximate surface area is 110 Å². The van der Waals surface area contributed by atoms with Crippen LogP contribution in [0.15, 0.2) is 24.3 Å². The van der Waals surface area contributed by atoms with Gasteiger partial charge in [-0.2, -0.15) is 0 Å². The maximum absolute atomic E-state index is 5.45. The Morgan fingerprint density at radius 1 is 1.17 bits per heavy atom. The molecule has 1 atom stereocenters. The monoisotopic (exact) mass is 251 g/mol. The third-order valence-corrected chi connectivity index (χ3v) is 3.03. The van der Waals surface area contributed by atoms with Crippen LogP contribution in [0.25, 0.3) is 0 Å². The van der Waals surface area contributed by atoms with Crippen LogP contribution in [0.1, 0.15) is 37.8 Å². The molecule has 0 radical (unpaired) electrons. The fourth-order valence-electron chi connectivity index (χ4n) is 2.04. The minimum atomic E-state index is 0.414. The number of unbranched alkanes of at least 4 members (excludes halogenated alkanes) is 1. The summed E-state index contributed by atoms with van der Waals surface area (Å²) in [7, 11) is 3.76. The predicted molar refractivity (Wildman–Crippen MR) is 75.1 cm³/mol. The van der Waals surface area contributed by atoms with Crippen molar-refractivity contribution in [3.05, 3.63) is 29.8 Å². The molecule has 1 rings (SSSR count). The summed E-state index contributed by atoms with van der Waals surface area (Å²) in [6.07, 6.45) is 3.42. The third-order valence-electron chi connectivity index (χ3n) is 3.03. The van der Waals surface area contributed by atoms with Crippen molar-refractivity contribution in [2.45, 2.75) is 32.2 Å². The summed E-state index contributed by atoms with van der Waals surface area (Å²) in [6, 6.07) is 8.78. The maximum Gasteiger partial charge on any atom is 0.119 e. The Morgan fingerprint density at radius 2 is 1.89 bits per heavy atom. The molecule has 1 aromatic carbocycles. The van der Waals surface area contributed by atoms with Gasteiger partial charge < -0.3 is 14.8 Å². The standard InChI is InChI=1S/C15H25NO2/c1-4-18-14-10-8-13(9-11-14)15(16-2)7-5-6-12-17-3/h8-11,15-16H,4-7,12H2,1-3H3. The zero-order valence-electron chi connectivity index (χ0n) is 11.7. The van der Waals surface area contributed by atoms with Gasteiger partial charge in [0.2, 0.25) is 0 Å². The van der Waals surface area contributed by atoms with Crippen molar-refractivity contribution in [3.63, 3.8) is 0 Å². The Hall–Kier alpha value is -1.06. The molecule has 0 aliphatic carbocycles. The first kappa shape index (κ1) is 15.0. The third kappa shape index (κ3) is 5.07. The van der Waals surface area contributed by atoms with E-state index < -0.39 is 0 Å². The molecule has 0 aliphatic heterocycles. The van der Waals surface area contributed by atoms with Crippen LogP contribution < -0.4 is 10.1 Å². The van der Waals surface area contributed by atoms with Crippen LogP contribution in [-0.4, -0.2) is 27.4 Å². The first-order valence-corrected chi connectivity index (χ1v) is 6.70. The molecule has 1 aromatic rings. The highest BCUT2D eigenvalue weighted by atomic mass is 16.5. The number of methoxy groups -OCH3 is 1. The van der Waals surface area contributed by atoms with Crippen molar-refractivity contribution < 1.29 is 9.47 Å². The number of nitrogens with one attached hydrogen (secondary N) is 1. The quantitative estimate of drug-likeness (QED) is 0.684. The average Bonchev–Trinajstić information content (AvgIpc) is 2.41. The minimum Gasteiger partial charge on any atom is -0.494 e. The fourth-order valence-corrected chi connectivity index (χ4v) is 2.04. The predicted octanol–water partition coefficient (Wildman–Crippen LogP) is 3.16. The molecule has 0 saturated heterocycles. The molecule has 0 aromatic heterocycles. The second-order valence-corrected chi connectivity index (χ2v) is 4.33. The van der Waals surface area contributed by atoms with Crippen LogP contribution in [-0.2, 0) is 4.74 Å². The van der Waals surface area contributed by atoms with E-state index in [1.54, 1.807) is 7.11 Å². The lowest BCUT2D eigenvalue weighted by Gasteiger charge is -2.17. The maximum atomic E-state index is 5.45. The lowest BCUT2D eigenvalue weighted by molar-refractivity contribution is 0.191. The number of benzene rings is 1. The van der Waals surface area contributed by atoms with Crippen molar-refractivity contribution in [2.24, 2.45) is 0 Å². The van der Waals surface area contributed by atoms with Crippen molar-refractivity contribution >= 4 is 0 Å². The van der Waals surface area contributed by atoms with Gasteiger partial charge in [0.25, 0.3) is 0 Å². The smallest absolute Gasteiger partial charge is 0.119 e. The molecular weight excluding hydrogens is 226 g/mol. The van der Waals surface area contributed by atoms with E-state index in [0.717, 1.165) is 25.2 Å². The van der Waals surface area contributed by atoms with Gasteiger partial charge in [-0.25, -0.2) is 0 Å². The summed E-state index contributed by atoms with van der Waals surface area (Å²) >= 11 is 0. The lowest BCUT2D eigenvalue weighted by Crippen LogP contribution is -2.16.